The summed E-state index contributed by atoms with van der Waals surface area (Å²) < 4.78 is 0. The summed E-state index contributed by atoms with van der Waals surface area (Å²) in [7, 11) is 0. The van der Waals surface area contributed by atoms with Gasteiger partial charge in [0.1, 0.15) is 0 Å². The van der Waals surface area contributed by atoms with E-state index in [1.165, 1.54) is 44.1 Å². The van der Waals surface area contributed by atoms with Crippen LogP contribution >= 0.6 is 0 Å². The zero-order valence-electron chi connectivity index (χ0n) is 16.4. The quantitative estimate of drug-likeness (QED) is 0.275. The first-order valence-corrected chi connectivity index (χ1v) is 10.00. The van der Waals surface area contributed by atoms with Crippen molar-refractivity contribution in [3.05, 3.63) is 30.7 Å². The molecule has 0 radical (unpaired) electrons. The second kappa shape index (κ2) is 11.7. The molecule has 0 aromatic heterocycles. The van der Waals surface area contributed by atoms with Crippen molar-refractivity contribution in [1.82, 2.24) is 5.32 Å². The molecule has 0 saturated heterocycles. The van der Waals surface area contributed by atoms with Crippen LogP contribution in [0.4, 0.5) is 0 Å². The van der Waals surface area contributed by atoms with E-state index in [-0.39, 0.29) is 43.1 Å². The monoisotopic (exact) mass is 568 g/mol. The molecule has 1 N–H and O–H groups in total. The van der Waals surface area contributed by atoms with Crippen LogP contribution < -0.4 is 5.32 Å². The van der Waals surface area contributed by atoms with Crippen molar-refractivity contribution in [3.63, 3.8) is 0 Å². The Morgan fingerprint density at radius 3 is 2.76 bits per heavy atom. The van der Waals surface area contributed by atoms with E-state index in [0.717, 1.165) is 12.3 Å². The van der Waals surface area contributed by atoms with Crippen molar-refractivity contribution < 1.29 is 35.9 Å². The van der Waals surface area contributed by atoms with Gasteiger partial charge >= 0.3 is 0 Å². The van der Waals surface area contributed by atoms with Gasteiger partial charge in [0, 0.05) is 37.5 Å². The number of nitrogens with one attached hydrogen (secondary N) is 1. The summed E-state index contributed by atoms with van der Waals surface area (Å²) in [5.41, 5.74) is 1.29. The fourth-order valence-electron chi connectivity index (χ4n) is 4.15. The Hall–Kier alpha value is 0.00195. The van der Waals surface area contributed by atoms with Gasteiger partial charge in [-0.25, -0.2) is 0 Å². The molecular weight excluding hydrogens is 532 g/mol. The van der Waals surface area contributed by atoms with Gasteiger partial charge in [-0.2, -0.15) is 5.92 Å². The van der Waals surface area contributed by atoms with Gasteiger partial charge in [-0.3, -0.25) is 4.79 Å². The smallest absolute Gasteiger partial charge is 0.218 e. The van der Waals surface area contributed by atoms with E-state index in [4.69, 9.17) is 0 Å². The van der Waals surface area contributed by atoms with E-state index < -0.39 is 0 Å². The van der Waals surface area contributed by atoms with Crippen molar-refractivity contribution in [2.45, 2.75) is 78.2 Å². The van der Waals surface area contributed by atoms with Gasteiger partial charge in [0.05, 0.1) is 0 Å². The zero-order valence-corrected chi connectivity index (χ0v) is 20.6. The Kier molecular flexibility index (Phi) is 10.7. The van der Waals surface area contributed by atoms with Crippen molar-refractivity contribution in [1.29, 1.82) is 0 Å². The number of amides is 1. The summed E-state index contributed by atoms with van der Waals surface area (Å²) in [4.78, 5) is 12.2. The van der Waals surface area contributed by atoms with Crippen molar-refractivity contribution in [3.8, 4) is 0 Å². The number of hydrogen-bond acceptors (Lipinski definition) is 1. The predicted molar refractivity (Wildman–Crippen MR) is 102 cm³/mol. The molecular formula is C22H36NOU-. The second-order valence-corrected chi connectivity index (χ2v) is 7.98. The van der Waals surface area contributed by atoms with Gasteiger partial charge in [0.25, 0.3) is 0 Å². The maximum Gasteiger partial charge on any atom is 0.218 e. The van der Waals surface area contributed by atoms with E-state index >= 15 is 0 Å². The standard InChI is InChI=1S/C22H36NO.U/c1-5-9-20-15-21(20)16(2)12-13-22(24)23-18(4)14-17(3)19-10-7-6-8-11-19;/h7,10,14,17-21H,2,5-6,8-9,11-13,15H2,1,3-4H3,(H,23,24);/q-1;/t17-,18?,19+,20+,21-;/m0./s1. The fourth-order valence-corrected chi connectivity index (χ4v) is 4.15. The van der Waals surface area contributed by atoms with Crippen LogP contribution in [0.3, 0.4) is 0 Å². The molecule has 140 valence electrons. The van der Waals surface area contributed by atoms with Gasteiger partial charge in [-0.15, -0.1) is 0 Å². The molecule has 25 heavy (non-hydrogen) atoms. The minimum atomic E-state index is 0. The van der Waals surface area contributed by atoms with Crippen molar-refractivity contribution >= 4 is 5.91 Å². The van der Waals surface area contributed by atoms with Crippen LogP contribution in [0.2, 0.25) is 0 Å². The van der Waals surface area contributed by atoms with Crippen molar-refractivity contribution in [2.75, 3.05) is 0 Å². The molecule has 2 nitrogen and oxygen atoms in total. The molecule has 1 fully saturated rings. The van der Waals surface area contributed by atoms with Crippen LogP contribution in [-0.4, -0.2) is 11.9 Å². The Morgan fingerprint density at radius 2 is 2.12 bits per heavy atom. The number of hydrogen-bond donors (Lipinski definition) is 1. The Bertz CT molecular complexity index is 459. The van der Waals surface area contributed by atoms with Crippen LogP contribution in [0, 0.1) is 61.2 Å². The summed E-state index contributed by atoms with van der Waals surface area (Å²) in [6.07, 6.45) is 16.1. The molecule has 0 bridgehead atoms. The molecule has 1 amide bonds. The first-order valence-electron chi connectivity index (χ1n) is 10.00. The van der Waals surface area contributed by atoms with Crippen molar-refractivity contribution in [2.24, 2.45) is 23.7 Å². The topological polar surface area (TPSA) is 29.1 Å². The predicted octanol–water partition coefficient (Wildman–Crippen LogP) is 5.46. The first kappa shape index (κ1) is 23.0. The fraction of sp³-hybridized carbons (Fsp3) is 0.727. The molecule has 0 aromatic carbocycles. The molecule has 1 unspecified atom stereocenters. The zero-order chi connectivity index (χ0) is 17.5. The minimum absolute atomic E-state index is 0. The van der Waals surface area contributed by atoms with Gasteiger partial charge < -0.3 is 11.7 Å². The largest absolute Gasteiger partial charge is 0.383 e. The summed E-state index contributed by atoms with van der Waals surface area (Å²) in [5.74, 6) is 2.87. The van der Waals surface area contributed by atoms with E-state index in [9.17, 15) is 4.79 Å². The minimum Gasteiger partial charge on any atom is -0.383 e. The van der Waals surface area contributed by atoms with E-state index in [1.54, 1.807) is 0 Å². The van der Waals surface area contributed by atoms with Gasteiger partial charge in [0.15, 0.2) is 0 Å². The molecule has 0 heterocycles. The summed E-state index contributed by atoms with van der Waals surface area (Å²) in [6.45, 7) is 10.8. The first-order chi connectivity index (χ1) is 11.5. The Balaban J connectivity index is 0.00000312. The Morgan fingerprint density at radius 1 is 1.36 bits per heavy atom. The molecule has 1 saturated carbocycles. The molecule has 2 aliphatic carbocycles. The van der Waals surface area contributed by atoms with Gasteiger partial charge in [-0.1, -0.05) is 64.0 Å². The third-order valence-corrected chi connectivity index (χ3v) is 5.73. The van der Waals surface area contributed by atoms with Gasteiger partial charge in [-0.05, 0) is 49.9 Å². The molecule has 3 heteroatoms. The molecule has 2 aliphatic rings. The van der Waals surface area contributed by atoms with Crippen LogP contribution in [-0.2, 0) is 4.79 Å². The summed E-state index contributed by atoms with van der Waals surface area (Å²) in [6, 6.07) is 0.143. The van der Waals surface area contributed by atoms with Crippen LogP contribution in [0.1, 0.15) is 72.1 Å². The molecule has 5 atom stereocenters. The number of allylic oxidation sites excluding steroid dienone is 3. The van der Waals surface area contributed by atoms with Gasteiger partial charge in [0.2, 0.25) is 5.91 Å². The van der Waals surface area contributed by atoms with E-state index in [1.807, 2.05) is 0 Å². The molecule has 2 rings (SSSR count). The van der Waals surface area contributed by atoms with E-state index in [0.29, 0.717) is 24.2 Å². The maximum absolute atomic E-state index is 12.2. The van der Waals surface area contributed by atoms with E-state index in [2.05, 4.69) is 51.2 Å². The van der Waals surface area contributed by atoms with Crippen LogP contribution in [0.25, 0.3) is 0 Å². The summed E-state index contributed by atoms with van der Waals surface area (Å²) in [5, 5.41) is 3.14. The Labute approximate surface area is 179 Å². The number of carbonyl (C=O) groups excluding carboxylic acids is 1. The summed E-state index contributed by atoms with van der Waals surface area (Å²) >= 11 is 0. The number of rotatable bonds is 10. The second-order valence-electron chi connectivity index (χ2n) is 7.98. The molecule has 0 spiro atoms. The maximum atomic E-state index is 12.2. The molecule has 0 aliphatic heterocycles. The third-order valence-electron chi connectivity index (χ3n) is 5.73. The third kappa shape index (κ3) is 8.05. The number of carbonyl (C=O) groups is 1. The molecule has 0 aromatic rings. The van der Waals surface area contributed by atoms with Crippen LogP contribution in [0.5, 0.6) is 0 Å². The normalized spacial score (nSPS) is 27.1. The SMILES string of the molecule is C=C(CCC(=O)NC(C)[CH-][C@H](C)[C@@H]1C=CCCC1)[C@@H]1C[C@H]1CCC.[U]. The average molecular weight is 569 g/mol. The van der Waals surface area contributed by atoms with Crippen LogP contribution in [0.15, 0.2) is 24.3 Å². The average Bonchev–Trinajstić information content (AvgIpc) is 3.33.